The molecule has 1 rings (SSSR count). The Morgan fingerprint density at radius 1 is 1.62 bits per heavy atom. The van der Waals surface area contributed by atoms with Crippen LogP contribution in [0.4, 0.5) is 0 Å². The first-order chi connectivity index (χ1) is 6.33. The minimum absolute atomic E-state index is 0.171. The van der Waals surface area contributed by atoms with E-state index in [0.717, 1.165) is 18.1 Å². The smallest absolute Gasteiger partial charge is 0.150 e. The lowest BCUT2D eigenvalue weighted by Crippen LogP contribution is -2.27. The van der Waals surface area contributed by atoms with E-state index in [4.69, 9.17) is 5.26 Å². The molecule has 4 heteroatoms. The topological polar surface area (TPSA) is 39.9 Å². The van der Waals surface area contributed by atoms with Gasteiger partial charge in [-0.3, -0.25) is 4.90 Å². The number of thiazole rings is 1. The average Bonchev–Trinajstić information content (AvgIpc) is 2.66. The summed E-state index contributed by atoms with van der Waals surface area (Å²) in [6, 6.07) is 2.11. The van der Waals surface area contributed by atoms with E-state index < -0.39 is 0 Å². The predicted octanol–water partition coefficient (Wildman–Crippen LogP) is 2.05. The van der Waals surface area contributed by atoms with Gasteiger partial charge in [0.25, 0.3) is 0 Å². The quantitative estimate of drug-likeness (QED) is 0.738. The summed E-state index contributed by atoms with van der Waals surface area (Å²) >= 11 is 1.54. The molecule has 13 heavy (non-hydrogen) atoms. The average molecular weight is 195 g/mol. The molecule has 0 aromatic carbocycles. The largest absolute Gasteiger partial charge is 0.283 e. The fourth-order valence-electron chi connectivity index (χ4n) is 1.25. The van der Waals surface area contributed by atoms with Crippen LogP contribution < -0.4 is 0 Å². The van der Waals surface area contributed by atoms with Crippen molar-refractivity contribution in [1.82, 2.24) is 9.88 Å². The summed E-state index contributed by atoms with van der Waals surface area (Å²) < 4.78 is 0. The highest BCUT2D eigenvalue weighted by Crippen LogP contribution is 2.21. The Bertz CT molecular complexity index is 272. The highest BCUT2D eigenvalue weighted by atomic mass is 32.1. The van der Waals surface area contributed by atoms with Crippen LogP contribution in [-0.4, -0.2) is 23.0 Å². The normalized spacial score (nSPS) is 12.8. The third kappa shape index (κ3) is 2.27. The Balaban J connectivity index is 2.80. The van der Waals surface area contributed by atoms with Crippen LogP contribution in [0.2, 0.25) is 0 Å². The van der Waals surface area contributed by atoms with Crippen molar-refractivity contribution in [2.24, 2.45) is 0 Å². The van der Waals surface area contributed by atoms with Crippen molar-refractivity contribution in [3.8, 4) is 6.07 Å². The second kappa shape index (κ2) is 4.95. The van der Waals surface area contributed by atoms with Crippen molar-refractivity contribution < 1.29 is 0 Å². The van der Waals surface area contributed by atoms with Gasteiger partial charge in [0.15, 0.2) is 6.04 Å². The van der Waals surface area contributed by atoms with Crippen LogP contribution in [-0.2, 0) is 0 Å². The molecule has 0 amide bonds. The predicted molar refractivity (Wildman–Crippen MR) is 53.4 cm³/mol. The van der Waals surface area contributed by atoms with Crippen molar-refractivity contribution >= 4 is 11.3 Å². The number of nitriles is 1. The zero-order valence-corrected chi connectivity index (χ0v) is 8.71. The van der Waals surface area contributed by atoms with Gasteiger partial charge in [0.05, 0.1) is 6.07 Å². The number of hydrogen-bond acceptors (Lipinski definition) is 4. The minimum atomic E-state index is -0.171. The Hall–Kier alpha value is -0.920. The van der Waals surface area contributed by atoms with Crippen LogP contribution in [0.25, 0.3) is 0 Å². The Morgan fingerprint density at radius 3 is 2.69 bits per heavy atom. The SMILES string of the molecule is CCN(CC)C(C#N)c1nccs1. The Kier molecular flexibility index (Phi) is 3.87. The first-order valence-corrected chi connectivity index (χ1v) is 5.24. The standard InChI is InChI=1S/C9H13N3S/c1-3-12(4-2)8(7-10)9-11-5-6-13-9/h5-6,8H,3-4H2,1-2H3. The maximum absolute atomic E-state index is 9.01. The maximum Gasteiger partial charge on any atom is 0.150 e. The molecule has 0 spiro atoms. The lowest BCUT2D eigenvalue weighted by molar-refractivity contribution is 0.262. The van der Waals surface area contributed by atoms with E-state index in [2.05, 4.69) is 29.8 Å². The summed E-state index contributed by atoms with van der Waals surface area (Å²) in [4.78, 5) is 6.25. The minimum Gasteiger partial charge on any atom is -0.283 e. The molecule has 1 atom stereocenters. The highest BCUT2D eigenvalue weighted by Gasteiger charge is 2.18. The van der Waals surface area contributed by atoms with Crippen molar-refractivity contribution in [1.29, 1.82) is 5.26 Å². The lowest BCUT2D eigenvalue weighted by Gasteiger charge is -2.21. The van der Waals surface area contributed by atoms with Crippen molar-refractivity contribution in [2.45, 2.75) is 19.9 Å². The summed E-state index contributed by atoms with van der Waals surface area (Å²) in [5.41, 5.74) is 0. The van der Waals surface area contributed by atoms with E-state index >= 15 is 0 Å². The molecule has 1 heterocycles. The van der Waals surface area contributed by atoms with Crippen LogP contribution in [0.5, 0.6) is 0 Å². The fraction of sp³-hybridized carbons (Fsp3) is 0.556. The van der Waals surface area contributed by atoms with Crippen molar-refractivity contribution in [3.63, 3.8) is 0 Å². The van der Waals surface area contributed by atoms with Gasteiger partial charge in [0.1, 0.15) is 5.01 Å². The molecule has 0 fully saturated rings. The maximum atomic E-state index is 9.01. The summed E-state index contributed by atoms with van der Waals surface area (Å²) in [6.07, 6.45) is 1.74. The van der Waals surface area contributed by atoms with Gasteiger partial charge in [-0.05, 0) is 13.1 Å². The molecule has 1 aromatic heterocycles. The third-order valence-electron chi connectivity index (χ3n) is 1.99. The van der Waals surface area contributed by atoms with Crippen molar-refractivity contribution in [3.05, 3.63) is 16.6 Å². The molecule has 1 aromatic rings. The number of nitrogens with zero attached hydrogens (tertiary/aromatic N) is 3. The van der Waals surface area contributed by atoms with Gasteiger partial charge in [-0.15, -0.1) is 11.3 Å². The van der Waals surface area contributed by atoms with Gasteiger partial charge < -0.3 is 0 Å². The van der Waals surface area contributed by atoms with Crippen LogP contribution in [0, 0.1) is 11.3 Å². The van der Waals surface area contributed by atoms with E-state index in [-0.39, 0.29) is 6.04 Å². The zero-order valence-electron chi connectivity index (χ0n) is 7.90. The monoisotopic (exact) mass is 195 g/mol. The van der Waals surface area contributed by atoms with E-state index in [1.165, 1.54) is 11.3 Å². The van der Waals surface area contributed by atoms with Gasteiger partial charge in [0, 0.05) is 11.6 Å². The molecular weight excluding hydrogens is 182 g/mol. The molecule has 0 bridgehead atoms. The molecule has 0 N–H and O–H groups in total. The fourth-order valence-corrected chi connectivity index (χ4v) is 1.96. The molecule has 0 aliphatic carbocycles. The number of rotatable bonds is 4. The van der Waals surface area contributed by atoms with E-state index in [1.54, 1.807) is 6.20 Å². The summed E-state index contributed by atoms with van der Waals surface area (Å²) in [7, 11) is 0. The van der Waals surface area contributed by atoms with Crippen LogP contribution in [0.3, 0.4) is 0 Å². The molecule has 0 saturated heterocycles. The summed E-state index contributed by atoms with van der Waals surface area (Å²) in [5, 5.41) is 11.8. The summed E-state index contributed by atoms with van der Waals surface area (Å²) in [5.74, 6) is 0. The van der Waals surface area contributed by atoms with E-state index in [0.29, 0.717) is 0 Å². The van der Waals surface area contributed by atoms with E-state index in [9.17, 15) is 0 Å². The Labute approximate surface area is 82.6 Å². The van der Waals surface area contributed by atoms with Gasteiger partial charge in [-0.2, -0.15) is 5.26 Å². The second-order valence-electron chi connectivity index (χ2n) is 2.62. The molecule has 0 saturated carbocycles. The number of hydrogen-bond donors (Lipinski definition) is 0. The molecule has 0 aliphatic rings. The molecule has 0 radical (unpaired) electrons. The molecule has 3 nitrogen and oxygen atoms in total. The third-order valence-corrected chi connectivity index (χ3v) is 2.81. The van der Waals surface area contributed by atoms with Gasteiger partial charge in [-0.1, -0.05) is 13.8 Å². The van der Waals surface area contributed by atoms with Gasteiger partial charge in [-0.25, -0.2) is 4.98 Å². The molecule has 0 aliphatic heterocycles. The van der Waals surface area contributed by atoms with E-state index in [1.807, 2.05) is 5.38 Å². The molecule has 1 unspecified atom stereocenters. The molecular formula is C9H13N3S. The van der Waals surface area contributed by atoms with Crippen molar-refractivity contribution in [2.75, 3.05) is 13.1 Å². The lowest BCUT2D eigenvalue weighted by atomic mass is 10.3. The first-order valence-electron chi connectivity index (χ1n) is 4.36. The number of aromatic nitrogens is 1. The van der Waals surface area contributed by atoms with Crippen LogP contribution in [0.1, 0.15) is 24.9 Å². The highest BCUT2D eigenvalue weighted by molar-refractivity contribution is 7.09. The zero-order chi connectivity index (χ0) is 9.68. The van der Waals surface area contributed by atoms with Crippen LogP contribution >= 0.6 is 11.3 Å². The van der Waals surface area contributed by atoms with Gasteiger partial charge in [0.2, 0.25) is 0 Å². The molecule has 70 valence electrons. The van der Waals surface area contributed by atoms with Crippen LogP contribution in [0.15, 0.2) is 11.6 Å². The van der Waals surface area contributed by atoms with Gasteiger partial charge >= 0.3 is 0 Å². The Morgan fingerprint density at radius 2 is 2.31 bits per heavy atom. The first kappa shape index (κ1) is 10.2. The second-order valence-corrected chi connectivity index (χ2v) is 3.55. The summed E-state index contributed by atoms with van der Waals surface area (Å²) in [6.45, 7) is 5.88.